The van der Waals surface area contributed by atoms with Gasteiger partial charge < -0.3 is 9.30 Å². The fourth-order valence-electron chi connectivity index (χ4n) is 2.91. The zero-order chi connectivity index (χ0) is 17.3. The number of rotatable bonds is 5. The quantitative estimate of drug-likeness (QED) is 0.559. The van der Waals surface area contributed by atoms with E-state index in [-0.39, 0.29) is 12.4 Å². The maximum absolute atomic E-state index is 6.37. The number of fused-ring (bicyclic) bond motifs is 1. The topological polar surface area (TPSA) is 27.1 Å². The Hall–Kier alpha value is -1.71. The van der Waals surface area contributed by atoms with Crippen molar-refractivity contribution in [3.8, 4) is 5.88 Å². The number of hydrogen-bond donors (Lipinski definition) is 0. The van der Waals surface area contributed by atoms with Crippen LogP contribution in [0.1, 0.15) is 30.7 Å². The van der Waals surface area contributed by atoms with Crippen molar-refractivity contribution in [3.63, 3.8) is 0 Å². The fraction of sp³-hybridized carbons (Fsp3) is 0.350. The maximum atomic E-state index is 6.37. The number of aryl methyl sites for hydroxylation is 1. The van der Waals surface area contributed by atoms with Gasteiger partial charge in [-0.05, 0) is 43.0 Å². The highest BCUT2D eigenvalue weighted by Gasteiger charge is 2.17. The van der Waals surface area contributed by atoms with E-state index in [1.54, 1.807) is 0 Å². The minimum Gasteiger partial charge on any atom is -0.476 e. The van der Waals surface area contributed by atoms with E-state index < -0.39 is 0 Å². The van der Waals surface area contributed by atoms with Crippen LogP contribution in [0.5, 0.6) is 5.88 Å². The molecule has 0 bridgehead atoms. The Morgan fingerprint density at radius 1 is 1.16 bits per heavy atom. The van der Waals surface area contributed by atoms with Crippen molar-refractivity contribution in [1.29, 1.82) is 0 Å². The van der Waals surface area contributed by atoms with Crippen LogP contribution < -0.4 is 4.74 Å². The first-order chi connectivity index (χ1) is 11.5. The highest BCUT2D eigenvalue weighted by atomic mass is 35.5. The lowest BCUT2D eigenvalue weighted by atomic mass is 10.2. The second-order valence-corrected chi connectivity index (χ2v) is 7.01. The zero-order valence-electron chi connectivity index (χ0n) is 15.0. The minimum atomic E-state index is 0. The molecule has 2 aromatic heterocycles. The minimum absolute atomic E-state index is 0. The smallest absolute Gasteiger partial charge is 0.238 e. The number of hydrogen-bond acceptors (Lipinski definition) is 2. The van der Waals surface area contributed by atoms with Gasteiger partial charge in [-0.25, -0.2) is 4.98 Å². The Balaban J connectivity index is 0.00000225. The monoisotopic (exact) mass is 378 g/mol. The molecule has 3 nitrogen and oxygen atoms in total. The van der Waals surface area contributed by atoms with Crippen molar-refractivity contribution in [2.24, 2.45) is 5.92 Å². The third-order valence-electron chi connectivity index (χ3n) is 4.35. The molecule has 134 valence electrons. The van der Waals surface area contributed by atoms with Crippen LogP contribution in [0.2, 0.25) is 5.02 Å². The van der Waals surface area contributed by atoms with Crippen LogP contribution in [0.25, 0.3) is 10.9 Å². The summed E-state index contributed by atoms with van der Waals surface area (Å²) in [6, 6.07) is 10.0. The van der Waals surface area contributed by atoms with Gasteiger partial charge in [0.1, 0.15) is 5.52 Å². The van der Waals surface area contributed by atoms with Gasteiger partial charge >= 0.3 is 0 Å². The summed E-state index contributed by atoms with van der Waals surface area (Å²) in [7, 11) is 0. The molecule has 0 radical (unpaired) electrons. The van der Waals surface area contributed by atoms with Crippen molar-refractivity contribution >= 4 is 34.9 Å². The van der Waals surface area contributed by atoms with Crippen LogP contribution in [0.15, 0.2) is 36.5 Å². The molecule has 1 aromatic carbocycles. The Kier molecular flexibility index (Phi) is 6.36. The first-order valence-electron chi connectivity index (χ1n) is 8.29. The van der Waals surface area contributed by atoms with E-state index in [4.69, 9.17) is 16.3 Å². The summed E-state index contributed by atoms with van der Waals surface area (Å²) < 4.78 is 8.25. The molecular formula is C20H24Cl2N2O. The maximum Gasteiger partial charge on any atom is 0.238 e. The Bertz CT molecular complexity index is 872. The van der Waals surface area contributed by atoms with Gasteiger partial charge in [-0.1, -0.05) is 43.6 Å². The second kappa shape index (κ2) is 8.11. The summed E-state index contributed by atoms with van der Waals surface area (Å²) in [6.07, 6.45) is 1.82. The standard InChI is InChI=1S/C20H23ClN2O.ClH/c1-13(2)12-24-20-19-17(9-10-22-20)14(3)15(4)23(19)11-16-7-5-6-8-18(16)21;/h5-10,13H,11-12H2,1-4H3;1H. The van der Waals surface area contributed by atoms with Gasteiger partial charge in [0.15, 0.2) is 0 Å². The summed E-state index contributed by atoms with van der Waals surface area (Å²) >= 11 is 6.37. The molecule has 2 heterocycles. The van der Waals surface area contributed by atoms with Gasteiger partial charge in [0.05, 0.1) is 6.61 Å². The number of ether oxygens (including phenoxy) is 1. The molecule has 25 heavy (non-hydrogen) atoms. The van der Waals surface area contributed by atoms with E-state index in [1.165, 1.54) is 16.6 Å². The zero-order valence-corrected chi connectivity index (χ0v) is 16.6. The first kappa shape index (κ1) is 19.6. The molecule has 0 fully saturated rings. The molecule has 0 amide bonds. The van der Waals surface area contributed by atoms with Crippen LogP contribution in [0.3, 0.4) is 0 Å². The predicted octanol–water partition coefficient (Wildman–Crippen LogP) is 5.81. The Labute approximate surface area is 160 Å². The normalized spacial score (nSPS) is 11.0. The van der Waals surface area contributed by atoms with E-state index in [2.05, 4.69) is 49.4 Å². The van der Waals surface area contributed by atoms with Crippen molar-refractivity contribution in [3.05, 3.63) is 58.4 Å². The number of benzene rings is 1. The molecule has 0 unspecified atom stereocenters. The van der Waals surface area contributed by atoms with E-state index in [1.807, 2.05) is 24.4 Å². The predicted molar refractivity (Wildman–Crippen MR) is 107 cm³/mol. The SMILES string of the molecule is Cc1c(C)n(Cc2ccccc2Cl)c2c(OCC(C)C)nccc12.Cl. The van der Waals surface area contributed by atoms with Gasteiger partial charge in [-0.2, -0.15) is 0 Å². The largest absolute Gasteiger partial charge is 0.476 e. The van der Waals surface area contributed by atoms with E-state index in [9.17, 15) is 0 Å². The average molecular weight is 379 g/mol. The third kappa shape index (κ3) is 3.94. The molecule has 0 saturated carbocycles. The highest BCUT2D eigenvalue weighted by Crippen LogP contribution is 2.32. The fourth-order valence-corrected chi connectivity index (χ4v) is 3.10. The van der Waals surface area contributed by atoms with Crippen LogP contribution in [-0.4, -0.2) is 16.2 Å². The van der Waals surface area contributed by atoms with Gasteiger partial charge in [-0.15, -0.1) is 12.4 Å². The van der Waals surface area contributed by atoms with E-state index >= 15 is 0 Å². The molecule has 0 aliphatic heterocycles. The van der Waals surface area contributed by atoms with Crippen LogP contribution in [0, 0.1) is 19.8 Å². The average Bonchev–Trinajstić information content (AvgIpc) is 2.80. The number of halogens is 2. The van der Waals surface area contributed by atoms with Crippen molar-refractivity contribution < 1.29 is 4.74 Å². The van der Waals surface area contributed by atoms with Crippen LogP contribution in [-0.2, 0) is 6.54 Å². The lowest BCUT2D eigenvalue weighted by Crippen LogP contribution is -2.08. The molecule has 0 aliphatic carbocycles. The number of aromatic nitrogens is 2. The molecule has 0 N–H and O–H groups in total. The third-order valence-corrected chi connectivity index (χ3v) is 4.72. The van der Waals surface area contributed by atoms with Gasteiger partial charge in [0.2, 0.25) is 5.88 Å². The van der Waals surface area contributed by atoms with Crippen LogP contribution >= 0.6 is 24.0 Å². The van der Waals surface area contributed by atoms with Gasteiger partial charge in [0.25, 0.3) is 0 Å². The Morgan fingerprint density at radius 3 is 2.56 bits per heavy atom. The molecule has 3 aromatic rings. The summed E-state index contributed by atoms with van der Waals surface area (Å²) in [6.45, 7) is 9.92. The molecule has 0 spiro atoms. The second-order valence-electron chi connectivity index (χ2n) is 6.61. The number of nitrogens with zero attached hydrogens (tertiary/aromatic N) is 2. The lowest BCUT2D eigenvalue weighted by Gasteiger charge is -2.13. The van der Waals surface area contributed by atoms with E-state index in [0.717, 1.165) is 16.1 Å². The van der Waals surface area contributed by atoms with Crippen LogP contribution in [0.4, 0.5) is 0 Å². The molecule has 0 saturated heterocycles. The first-order valence-corrected chi connectivity index (χ1v) is 8.67. The Morgan fingerprint density at radius 2 is 1.88 bits per heavy atom. The van der Waals surface area contributed by atoms with Crippen molar-refractivity contribution in [2.45, 2.75) is 34.2 Å². The molecule has 3 rings (SSSR count). The molecule has 5 heteroatoms. The molecule has 0 atom stereocenters. The molecule has 0 aliphatic rings. The summed E-state index contributed by atoms with van der Waals surface area (Å²) in [5.74, 6) is 1.15. The van der Waals surface area contributed by atoms with Gasteiger partial charge in [0, 0.05) is 28.8 Å². The summed E-state index contributed by atoms with van der Waals surface area (Å²) in [5, 5.41) is 1.97. The van der Waals surface area contributed by atoms with Crippen molar-refractivity contribution in [1.82, 2.24) is 9.55 Å². The number of pyridine rings is 1. The summed E-state index contributed by atoms with van der Waals surface area (Å²) in [4.78, 5) is 4.48. The van der Waals surface area contributed by atoms with Crippen molar-refractivity contribution in [2.75, 3.05) is 6.61 Å². The molecular weight excluding hydrogens is 355 g/mol. The highest BCUT2D eigenvalue weighted by molar-refractivity contribution is 6.31. The lowest BCUT2D eigenvalue weighted by molar-refractivity contribution is 0.263. The van der Waals surface area contributed by atoms with E-state index in [0.29, 0.717) is 24.9 Å². The van der Waals surface area contributed by atoms with Gasteiger partial charge in [-0.3, -0.25) is 0 Å². The summed E-state index contributed by atoms with van der Waals surface area (Å²) in [5.41, 5.74) is 4.62.